The fourth-order valence-electron chi connectivity index (χ4n) is 2.83. The summed E-state index contributed by atoms with van der Waals surface area (Å²) in [6.07, 6.45) is 5.09. The van der Waals surface area contributed by atoms with Crippen molar-refractivity contribution in [1.82, 2.24) is 5.32 Å². The van der Waals surface area contributed by atoms with Gasteiger partial charge in [0.25, 0.3) is 0 Å². The molecule has 20 heavy (non-hydrogen) atoms. The van der Waals surface area contributed by atoms with Crippen molar-refractivity contribution in [2.24, 2.45) is 5.73 Å². The average molecular weight is 276 g/mol. The highest BCUT2D eigenvalue weighted by molar-refractivity contribution is 5.93. The molecule has 0 heterocycles. The number of primary amides is 1. The standard InChI is InChI=1S/C16H24N2O2/c1-11-9-12(16(17)19)7-8-13(11)10-20-15-6-4-3-5-14(15)18-2/h7-9,14-15,18H,3-6,10H2,1-2H3,(H2,17,19). The fraction of sp³-hybridized carbons (Fsp3) is 0.562. The highest BCUT2D eigenvalue weighted by Crippen LogP contribution is 2.23. The van der Waals surface area contributed by atoms with E-state index in [1.54, 1.807) is 6.07 Å². The van der Waals surface area contributed by atoms with Crippen LogP contribution in [0.2, 0.25) is 0 Å². The van der Waals surface area contributed by atoms with E-state index < -0.39 is 0 Å². The molecule has 2 rings (SSSR count). The summed E-state index contributed by atoms with van der Waals surface area (Å²) in [5, 5.41) is 3.34. The Kier molecular flexibility index (Phi) is 5.15. The van der Waals surface area contributed by atoms with E-state index in [-0.39, 0.29) is 12.0 Å². The number of likely N-dealkylation sites (N-methyl/N-ethyl adjacent to an activating group) is 1. The highest BCUT2D eigenvalue weighted by Gasteiger charge is 2.24. The summed E-state index contributed by atoms with van der Waals surface area (Å²) in [5.41, 5.74) is 8.01. The van der Waals surface area contributed by atoms with Crippen LogP contribution in [0, 0.1) is 6.92 Å². The lowest BCUT2D eigenvalue weighted by molar-refractivity contribution is -0.00380. The zero-order chi connectivity index (χ0) is 14.5. The molecule has 0 saturated heterocycles. The normalized spacial score (nSPS) is 22.7. The Hall–Kier alpha value is -1.39. The van der Waals surface area contributed by atoms with Crippen LogP contribution in [0.4, 0.5) is 0 Å². The summed E-state index contributed by atoms with van der Waals surface area (Å²) in [6, 6.07) is 5.99. The van der Waals surface area contributed by atoms with Crippen molar-refractivity contribution in [3.63, 3.8) is 0 Å². The van der Waals surface area contributed by atoms with Gasteiger partial charge < -0.3 is 15.8 Å². The first-order chi connectivity index (χ1) is 9.61. The van der Waals surface area contributed by atoms with E-state index in [0.717, 1.165) is 17.5 Å². The third kappa shape index (κ3) is 3.58. The Balaban J connectivity index is 1.98. The second kappa shape index (κ2) is 6.86. The summed E-state index contributed by atoms with van der Waals surface area (Å²) in [7, 11) is 2.00. The third-order valence-electron chi connectivity index (χ3n) is 4.15. The molecule has 1 aromatic rings. The number of rotatable bonds is 5. The average Bonchev–Trinajstić information content (AvgIpc) is 2.46. The number of carbonyl (C=O) groups is 1. The molecule has 1 aromatic carbocycles. The Morgan fingerprint density at radius 1 is 1.40 bits per heavy atom. The number of benzene rings is 1. The molecule has 1 saturated carbocycles. The maximum atomic E-state index is 11.1. The van der Waals surface area contributed by atoms with Gasteiger partial charge in [-0.25, -0.2) is 0 Å². The van der Waals surface area contributed by atoms with Crippen LogP contribution >= 0.6 is 0 Å². The van der Waals surface area contributed by atoms with E-state index >= 15 is 0 Å². The van der Waals surface area contributed by atoms with Gasteiger partial charge in [-0.15, -0.1) is 0 Å². The van der Waals surface area contributed by atoms with Gasteiger partial charge in [0.05, 0.1) is 12.7 Å². The van der Waals surface area contributed by atoms with Crippen LogP contribution < -0.4 is 11.1 Å². The minimum atomic E-state index is -0.386. The van der Waals surface area contributed by atoms with E-state index in [4.69, 9.17) is 10.5 Å². The molecule has 1 amide bonds. The molecule has 2 unspecified atom stereocenters. The zero-order valence-corrected chi connectivity index (χ0v) is 12.3. The number of hydrogen-bond acceptors (Lipinski definition) is 3. The summed E-state index contributed by atoms with van der Waals surface area (Å²) >= 11 is 0. The predicted molar refractivity (Wildman–Crippen MR) is 79.6 cm³/mol. The maximum Gasteiger partial charge on any atom is 0.248 e. The molecule has 0 bridgehead atoms. The number of nitrogens with two attached hydrogens (primary N) is 1. The van der Waals surface area contributed by atoms with Gasteiger partial charge in [0.1, 0.15) is 0 Å². The number of hydrogen-bond donors (Lipinski definition) is 2. The van der Waals surface area contributed by atoms with Gasteiger partial charge in [-0.3, -0.25) is 4.79 Å². The molecule has 4 heteroatoms. The lowest BCUT2D eigenvalue weighted by Gasteiger charge is -2.31. The van der Waals surface area contributed by atoms with Crippen LogP contribution in [0.3, 0.4) is 0 Å². The van der Waals surface area contributed by atoms with Crippen LogP contribution in [0.5, 0.6) is 0 Å². The molecule has 1 aliphatic carbocycles. The Morgan fingerprint density at radius 2 is 2.15 bits per heavy atom. The van der Waals surface area contributed by atoms with E-state index in [1.807, 2.05) is 26.1 Å². The van der Waals surface area contributed by atoms with Crippen molar-refractivity contribution < 1.29 is 9.53 Å². The van der Waals surface area contributed by atoms with Crippen LogP contribution in [0.1, 0.15) is 47.2 Å². The van der Waals surface area contributed by atoms with E-state index in [9.17, 15) is 4.79 Å². The minimum Gasteiger partial charge on any atom is -0.372 e. The Labute approximate surface area is 120 Å². The SMILES string of the molecule is CNC1CCCCC1OCc1ccc(C(N)=O)cc1C. The topological polar surface area (TPSA) is 64.3 Å². The van der Waals surface area contributed by atoms with Crippen LogP contribution in [0.25, 0.3) is 0 Å². The molecule has 0 spiro atoms. The monoisotopic (exact) mass is 276 g/mol. The molecular weight excluding hydrogens is 252 g/mol. The number of nitrogens with one attached hydrogen (secondary N) is 1. The summed E-state index contributed by atoms with van der Waals surface area (Å²) < 4.78 is 6.08. The molecule has 0 radical (unpaired) electrons. The minimum absolute atomic E-state index is 0.281. The molecular formula is C16H24N2O2. The van der Waals surface area contributed by atoms with Crippen molar-refractivity contribution in [3.8, 4) is 0 Å². The van der Waals surface area contributed by atoms with E-state index in [0.29, 0.717) is 18.2 Å². The first kappa shape index (κ1) is 15.0. The Bertz CT molecular complexity index is 474. The molecule has 1 aliphatic rings. The van der Waals surface area contributed by atoms with Gasteiger partial charge in [0, 0.05) is 11.6 Å². The fourth-order valence-corrected chi connectivity index (χ4v) is 2.83. The van der Waals surface area contributed by atoms with Gasteiger partial charge >= 0.3 is 0 Å². The summed E-state index contributed by atoms with van der Waals surface area (Å²) in [6.45, 7) is 2.58. The second-order valence-electron chi connectivity index (χ2n) is 5.53. The van der Waals surface area contributed by atoms with Crippen LogP contribution in [-0.4, -0.2) is 25.1 Å². The van der Waals surface area contributed by atoms with Crippen LogP contribution in [-0.2, 0) is 11.3 Å². The van der Waals surface area contributed by atoms with Crippen molar-refractivity contribution in [3.05, 3.63) is 34.9 Å². The maximum absolute atomic E-state index is 11.1. The molecule has 2 atom stereocenters. The van der Waals surface area contributed by atoms with Crippen molar-refractivity contribution in [2.75, 3.05) is 7.05 Å². The first-order valence-electron chi connectivity index (χ1n) is 7.30. The molecule has 1 fully saturated rings. The largest absolute Gasteiger partial charge is 0.372 e. The third-order valence-corrected chi connectivity index (χ3v) is 4.15. The summed E-state index contributed by atoms with van der Waals surface area (Å²) in [4.78, 5) is 11.1. The second-order valence-corrected chi connectivity index (χ2v) is 5.53. The molecule has 110 valence electrons. The molecule has 3 N–H and O–H groups in total. The van der Waals surface area contributed by atoms with E-state index in [2.05, 4.69) is 5.32 Å². The van der Waals surface area contributed by atoms with Gasteiger partial charge in [-0.1, -0.05) is 18.9 Å². The smallest absolute Gasteiger partial charge is 0.248 e. The van der Waals surface area contributed by atoms with E-state index in [1.165, 1.54) is 19.3 Å². The molecule has 4 nitrogen and oxygen atoms in total. The first-order valence-corrected chi connectivity index (χ1v) is 7.30. The lowest BCUT2D eigenvalue weighted by Crippen LogP contribution is -2.41. The van der Waals surface area contributed by atoms with Crippen molar-refractivity contribution >= 4 is 5.91 Å². The Morgan fingerprint density at radius 3 is 2.80 bits per heavy atom. The van der Waals surface area contributed by atoms with Gasteiger partial charge in [-0.2, -0.15) is 0 Å². The number of aryl methyl sites for hydroxylation is 1. The number of carbonyl (C=O) groups excluding carboxylic acids is 1. The van der Waals surface area contributed by atoms with Crippen molar-refractivity contribution in [1.29, 1.82) is 0 Å². The zero-order valence-electron chi connectivity index (χ0n) is 12.3. The van der Waals surface area contributed by atoms with Gasteiger partial charge in [0.15, 0.2) is 0 Å². The summed E-state index contributed by atoms with van der Waals surface area (Å²) in [5.74, 6) is -0.386. The van der Waals surface area contributed by atoms with Gasteiger partial charge in [-0.05, 0) is 50.1 Å². The predicted octanol–water partition coefficient (Wildman–Crippen LogP) is 2.14. The highest BCUT2D eigenvalue weighted by atomic mass is 16.5. The molecule has 0 aliphatic heterocycles. The van der Waals surface area contributed by atoms with Crippen molar-refractivity contribution in [2.45, 2.75) is 51.4 Å². The lowest BCUT2D eigenvalue weighted by atomic mass is 9.92. The molecule has 0 aromatic heterocycles. The van der Waals surface area contributed by atoms with Gasteiger partial charge in [0.2, 0.25) is 5.91 Å². The quantitative estimate of drug-likeness (QED) is 0.866. The van der Waals surface area contributed by atoms with Crippen LogP contribution in [0.15, 0.2) is 18.2 Å². The number of ether oxygens (including phenoxy) is 1. The number of amides is 1.